The van der Waals surface area contributed by atoms with E-state index >= 15 is 0 Å². The molecule has 0 aliphatic carbocycles. The van der Waals surface area contributed by atoms with Crippen molar-refractivity contribution >= 4 is 6.03 Å². The van der Waals surface area contributed by atoms with Crippen molar-refractivity contribution in [3.63, 3.8) is 0 Å². The molecule has 0 radical (unpaired) electrons. The Hall–Kier alpha value is -1.75. The van der Waals surface area contributed by atoms with Gasteiger partial charge in [-0.25, -0.2) is 4.79 Å². The minimum Gasteiger partial charge on any atom is -0.497 e. The first-order valence-corrected chi connectivity index (χ1v) is 8.64. The number of benzene rings is 1. The number of likely N-dealkylation sites (tertiary alicyclic amines) is 1. The minimum absolute atomic E-state index is 0.0730. The molecule has 0 bridgehead atoms. The fourth-order valence-corrected chi connectivity index (χ4v) is 2.97. The van der Waals surface area contributed by atoms with Crippen molar-refractivity contribution in [2.24, 2.45) is 0 Å². The van der Waals surface area contributed by atoms with Crippen LogP contribution >= 0.6 is 0 Å². The van der Waals surface area contributed by atoms with Gasteiger partial charge in [-0.15, -0.1) is 0 Å². The van der Waals surface area contributed by atoms with E-state index in [2.05, 4.69) is 34.6 Å². The Labute approximate surface area is 139 Å². The van der Waals surface area contributed by atoms with Crippen LogP contribution in [-0.4, -0.2) is 44.2 Å². The van der Waals surface area contributed by atoms with Gasteiger partial charge in [0.25, 0.3) is 0 Å². The van der Waals surface area contributed by atoms with Crippen molar-refractivity contribution in [2.45, 2.75) is 38.6 Å². The molecule has 1 aromatic rings. The number of hydrogen-bond acceptors (Lipinski definition) is 3. The summed E-state index contributed by atoms with van der Waals surface area (Å²) in [6.45, 7) is 5.67. The molecular weight excluding hydrogens is 290 g/mol. The van der Waals surface area contributed by atoms with E-state index in [0.717, 1.165) is 38.2 Å². The number of unbranched alkanes of at least 4 members (excludes halogenated alkanes) is 1. The van der Waals surface area contributed by atoms with Crippen molar-refractivity contribution in [3.05, 3.63) is 29.8 Å². The summed E-state index contributed by atoms with van der Waals surface area (Å²) in [6.07, 6.45) is 4.56. The lowest BCUT2D eigenvalue weighted by Gasteiger charge is -2.28. The Morgan fingerprint density at radius 2 is 1.91 bits per heavy atom. The Balaban J connectivity index is 1.95. The van der Waals surface area contributed by atoms with Crippen molar-refractivity contribution in [2.75, 3.05) is 33.3 Å². The number of hydrogen-bond donors (Lipinski definition) is 2. The Morgan fingerprint density at radius 1 is 1.22 bits per heavy atom. The van der Waals surface area contributed by atoms with Gasteiger partial charge in [0.15, 0.2) is 0 Å². The molecule has 2 amide bonds. The molecule has 2 rings (SSSR count). The number of urea groups is 1. The van der Waals surface area contributed by atoms with Crippen LogP contribution in [-0.2, 0) is 0 Å². The van der Waals surface area contributed by atoms with Gasteiger partial charge in [0.1, 0.15) is 5.75 Å². The van der Waals surface area contributed by atoms with Crippen LogP contribution < -0.4 is 15.4 Å². The second-order valence-corrected chi connectivity index (χ2v) is 6.02. The highest BCUT2D eigenvalue weighted by Crippen LogP contribution is 2.26. The second-order valence-electron chi connectivity index (χ2n) is 6.02. The van der Waals surface area contributed by atoms with Crippen LogP contribution in [0.25, 0.3) is 0 Å². The molecule has 1 aliphatic heterocycles. The molecule has 1 fully saturated rings. The predicted octanol–water partition coefficient (Wildman–Crippen LogP) is 2.93. The average Bonchev–Trinajstić information content (AvgIpc) is 3.10. The summed E-state index contributed by atoms with van der Waals surface area (Å²) in [4.78, 5) is 14.4. The smallest absolute Gasteiger partial charge is 0.314 e. The monoisotopic (exact) mass is 319 g/mol. The van der Waals surface area contributed by atoms with Crippen molar-refractivity contribution < 1.29 is 9.53 Å². The third kappa shape index (κ3) is 5.43. The predicted molar refractivity (Wildman–Crippen MR) is 92.9 cm³/mol. The molecule has 128 valence electrons. The summed E-state index contributed by atoms with van der Waals surface area (Å²) >= 11 is 0. The fourth-order valence-electron chi connectivity index (χ4n) is 2.97. The van der Waals surface area contributed by atoms with Gasteiger partial charge in [-0.05, 0) is 50.0 Å². The molecule has 0 saturated carbocycles. The lowest BCUT2D eigenvalue weighted by Crippen LogP contribution is -2.41. The molecular formula is C18H29N3O2. The SMILES string of the molecule is CCCCNC(=O)NCC(c1ccc(OC)cc1)N1CCCC1. The van der Waals surface area contributed by atoms with Crippen LogP contribution in [0.5, 0.6) is 5.75 Å². The van der Waals surface area contributed by atoms with Crippen LogP contribution in [0.15, 0.2) is 24.3 Å². The molecule has 1 atom stereocenters. The number of methoxy groups -OCH3 is 1. The van der Waals surface area contributed by atoms with Gasteiger partial charge in [-0.2, -0.15) is 0 Å². The number of rotatable bonds is 8. The molecule has 1 heterocycles. The number of nitrogens with one attached hydrogen (secondary N) is 2. The summed E-state index contributed by atoms with van der Waals surface area (Å²) in [5, 5.41) is 5.93. The van der Waals surface area contributed by atoms with Crippen molar-refractivity contribution in [1.82, 2.24) is 15.5 Å². The zero-order valence-corrected chi connectivity index (χ0v) is 14.3. The summed E-state index contributed by atoms with van der Waals surface area (Å²) < 4.78 is 5.23. The van der Waals surface area contributed by atoms with Crippen LogP contribution in [0.2, 0.25) is 0 Å². The molecule has 23 heavy (non-hydrogen) atoms. The third-order valence-corrected chi connectivity index (χ3v) is 4.35. The maximum absolute atomic E-state index is 11.9. The van der Waals surface area contributed by atoms with Gasteiger partial charge in [-0.1, -0.05) is 25.5 Å². The quantitative estimate of drug-likeness (QED) is 0.724. The van der Waals surface area contributed by atoms with Gasteiger partial charge in [0.05, 0.1) is 13.2 Å². The minimum atomic E-state index is -0.0730. The Kier molecular flexibility index (Phi) is 7.20. The van der Waals surface area contributed by atoms with Gasteiger partial charge < -0.3 is 15.4 Å². The Morgan fingerprint density at radius 3 is 2.52 bits per heavy atom. The molecule has 5 nitrogen and oxygen atoms in total. The van der Waals surface area contributed by atoms with E-state index in [1.807, 2.05) is 12.1 Å². The van der Waals surface area contributed by atoms with E-state index < -0.39 is 0 Å². The highest BCUT2D eigenvalue weighted by atomic mass is 16.5. The first-order chi connectivity index (χ1) is 11.2. The highest BCUT2D eigenvalue weighted by molar-refractivity contribution is 5.73. The molecule has 1 aliphatic rings. The molecule has 5 heteroatoms. The molecule has 1 saturated heterocycles. The van der Waals surface area contributed by atoms with E-state index in [9.17, 15) is 4.79 Å². The lowest BCUT2D eigenvalue weighted by atomic mass is 10.1. The zero-order chi connectivity index (χ0) is 16.5. The number of carbonyl (C=O) groups is 1. The van der Waals surface area contributed by atoms with E-state index in [1.165, 1.54) is 18.4 Å². The number of nitrogens with zero attached hydrogens (tertiary/aromatic N) is 1. The van der Waals surface area contributed by atoms with Crippen LogP contribution in [0.3, 0.4) is 0 Å². The van der Waals surface area contributed by atoms with Crippen LogP contribution in [0.4, 0.5) is 4.79 Å². The zero-order valence-electron chi connectivity index (χ0n) is 14.3. The van der Waals surface area contributed by atoms with E-state index in [4.69, 9.17) is 4.74 Å². The first-order valence-electron chi connectivity index (χ1n) is 8.64. The summed E-state index contributed by atoms with van der Waals surface area (Å²) in [5.41, 5.74) is 1.22. The average molecular weight is 319 g/mol. The van der Waals surface area contributed by atoms with Crippen LogP contribution in [0, 0.1) is 0 Å². The van der Waals surface area contributed by atoms with Crippen LogP contribution in [0.1, 0.15) is 44.2 Å². The molecule has 1 aromatic carbocycles. The second kappa shape index (κ2) is 9.40. The third-order valence-electron chi connectivity index (χ3n) is 4.35. The van der Waals surface area contributed by atoms with Crippen molar-refractivity contribution in [3.8, 4) is 5.75 Å². The number of ether oxygens (including phenoxy) is 1. The standard InChI is InChI=1S/C18H29N3O2/c1-3-4-11-19-18(22)20-14-17(21-12-5-6-13-21)15-7-9-16(23-2)10-8-15/h7-10,17H,3-6,11-14H2,1-2H3,(H2,19,20,22). The number of amides is 2. The maximum atomic E-state index is 11.9. The summed E-state index contributed by atoms with van der Waals surface area (Å²) in [7, 11) is 1.68. The molecule has 1 unspecified atom stereocenters. The largest absolute Gasteiger partial charge is 0.497 e. The van der Waals surface area contributed by atoms with E-state index in [-0.39, 0.29) is 12.1 Å². The molecule has 0 spiro atoms. The molecule has 2 N–H and O–H groups in total. The topological polar surface area (TPSA) is 53.6 Å². The summed E-state index contributed by atoms with van der Waals surface area (Å²) in [6, 6.07) is 8.31. The lowest BCUT2D eigenvalue weighted by molar-refractivity contribution is 0.220. The van der Waals surface area contributed by atoms with E-state index in [1.54, 1.807) is 7.11 Å². The van der Waals surface area contributed by atoms with Gasteiger partial charge in [0.2, 0.25) is 0 Å². The molecule has 0 aromatic heterocycles. The van der Waals surface area contributed by atoms with Gasteiger partial charge in [-0.3, -0.25) is 4.90 Å². The summed E-state index contributed by atoms with van der Waals surface area (Å²) in [5.74, 6) is 0.860. The van der Waals surface area contributed by atoms with Gasteiger partial charge >= 0.3 is 6.03 Å². The normalized spacial score (nSPS) is 16.1. The first kappa shape index (κ1) is 17.6. The highest BCUT2D eigenvalue weighted by Gasteiger charge is 2.23. The van der Waals surface area contributed by atoms with E-state index in [0.29, 0.717) is 6.54 Å². The fraction of sp³-hybridized carbons (Fsp3) is 0.611. The Bertz CT molecular complexity index is 470. The van der Waals surface area contributed by atoms with Gasteiger partial charge in [0, 0.05) is 13.1 Å². The number of carbonyl (C=O) groups excluding carboxylic acids is 1. The van der Waals surface area contributed by atoms with Crippen molar-refractivity contribution in [1.29, 1.82) is 0 Å². The maximum Gasteiger partial charge on any atom is 0.314 e.